The maximum atomic E-state index is 5.63. The standard InChI is InChI=1S/C13H12N2O/c1-2-4-10-8(3-1)9-5-12-13(16-7-14-12)6-11(9)15-10/h1-5,12-14H,6-7H2. The summed E-state index contributed by atoms with van der Waals surface area (Å²) in [6.07, 6.45) is 3.47. The Bertz CT molecular complexity index is 518. The van der Waals surface area contributed by atoms with Gasteiger partial charge < -0.3 is 4.74 Å². The van der Waals surface area contributed by atoms with Crippen LogP contribution in [0.25, 0.3) is 5.57 Å². The Kier molecular flexibility index (Phi) is 1.64. The summed E-state index contributed by atoms with van der Waals surface area (Å²) in [6.45, 7) is 0.661. The van der Waals surface area contributed by atoms with E-state index in [2.05, 4.69) is 34.6 Å². The van der Waals surface area contributed by atoms with Crippen LogP contribution < -0.4 is 5.32 Å². The van der Waals surface area contributed by atoms with Crippen LogP contribution in [0.15, 0.2) is 35.3 Å². The summed E-state index contributed by atoms with van der Waals surface area (Å²) in [6, 6.07) is 8.69. The lowest BCUT2D eigenvalue weighted by atomic mass is 9.89. The highest BCUT2D eigenvalue weighted by Gasteiger charge is 2.35. The van der Waals surface area contributed by atoms with Gasteiger partial charge in [0.15, 0.2) is 0 Å². The molecule has 0 spiro atoms. The van der Waals surface area contributed by atoms with Crippen molar-refractivity contribution in [3.8, 4) is 0 Å². The third-order valence-corrected chi connectivity index (χ3v) is 3.52. The zero-order valence-electron chi connectivity index (χ0n) is 8.81. The van der Waals surface area contributed by atoms with Gasteiger partial charge in [-0.1, -0.05) is 24.3 Å². The van der Waals surface area contributed by atoms with Crippen molar-refractivity contribution in [2.75, 3.05) is 6.73 Å². The number of ether oxygens (including phenoxy) is 1. The van der Waals surface area contributed by atoms with E-state index in [-0.39, 0.29) is 6.10 Å². The van der Waals surface area contributed by atoms with Crippen molar-refractivity contribution < 1.29 is 4.74 Å². The molecule has 2 heterocycles. The molecule has 1 aromatic rings. The molecule has 2 atom stereocenters. The van der Waals surface area contributed by atoms with E-state index in [1.54, 1.807) is 0 Å². The van der Waals surface area contributed by atoms with Gasteiger partial charge in [0.2, 0.25) is 0 Å². The molecule has 0 saturated carbocycles. The lowest BCUT2D eigenvalue weighted by Gasteiger charge is -2.21. The first-order chi connectivity index (χ1) is 7.92. The third kappa shape index (κ3) is 1.07. The van der Waals surface area contributed by atoms with Crippen molar-refractivity contribution in [2.45, 2.75) is 18.6 Å². The normalized spacial score (nSPS) is 30.2. The largest absolute Gasteiger partial charge is 0.361 e. The molecule has 2 aliphatic heterocycles. The van der Waals surface area contributed by atoms with Crippen LogP contribution in [0.4, 0.5) is 5.69 Å². The number of fused-ring (bicyclic) bond motifs is 4. The molecule has 0 radical (unpaired) electrons. The first-order valence-electron chi connectivity index (χ1n) is 5.66. The smallest absolute Gasteiger partial charge is 0.0975 e. The van der Waals surface area contributed by atoms with E-state index >= 15 is 0 Å². The van der Waals surface area contributed by atoms with Crippen LogP contribution in [0.3, 0.4) is 0 Å². The molecule has 1 aliphatic carbocycles. The SMILES string of the molecule is C1=C2C(=Nc3ccccc32)CC2OCNC12. The predicted molar refractivity (Wildman–Crippen MR) is 62.8 cm³/mol. The summed E-state index contributed by atoms with van der Waals surface area (Å²) in [7, 11) is 0. The number of para-hydroxylation sites is 1. The van der Waals surface area contributed by atoms with Crippen molar-refractivity contribution in [3.05, 3.63) is 35.9 Å². The average Bonchev–Trinajstić information content (AvgIpc) is 2.88. The van der Waals surface area contributed by atoms with Crippen LogP contribution in [0, 0.1) is 0 Å². The number of aliphatic imine (C=N–C) groups is 1. The highest BCUT2D eigenvalue weighted by atomic mass is 16.5. The van der Waals surface area contributed by atoms with Crippen LogP contribution in [0.2, 0.25) is 0 Å². The van der Waals surface area contributed by atoms with Crippen LogP contribution in [-0.2, 0) is 4.74 Å². The van der Waals surface area contributed by atoms with Crippen LogP contribution in [0.5, 0.6) is 0 Å². The van der Waals surface area contributed by atoms with Gasteiger partial charge >= 0.3 is 0 Å². The Morgan fingerprint density at radius 3 is 3.25 bits per heavy atom. The Balaban J connectivity index is 1.86. The molecule has 1 N–H and O–H groups in total. The van der Waals surface area contributed by atoms with E-state index in [9.17, 15) is 0 Å². The molecule has 3 heteroatoms. The van der Waals surface area contributed by atoms with E-state index in [0.717, 1.165) is 12.1 Å². The molecule has 2 unspecified atom stereocenters. The number of allylic oxidation sites excluding steroid dienone is 1. The van der Waals surface area contributed by atoms with E-state index in [0.29, 0.717) is 12.8 Å². The Labute approximate surface area is 93.8 Å². The monoisotopic (exact) mass is 212 g/mol. The van der Waals surface area contributed by atoms with E-state index in [1.807, 2.05) is 6.07 Å². The molecule has 3 aliphatic rings. The summed E-state index contributed by atoms with van der Waals surface area (Å²) in [5.74, 6) is 0. The average molecular weight is 212 g/mol. The second-order valence-corrected chi connectivity index (χ2v) is 4.44. The quantitative estimate of drug-likeness (QED) is 0.712. The molecule has 1 aromatic carbocycles. The van der Waals surface area contributed by atoms with Gasteiger partial charge in [0.25, 0.3) is 0 Å². The molecule has 1 fully saturated rings. The third-order valence-electron chi connectivity index (χ3n) is 3.52. The van der Waals surface area contributed by atoms with Gasteiger partial charge in [-0.25, -0.2) is 0 Å². The first-order valence-corrected chi connectivity index (χ1v) is 5.66. The van der Waals surface area contributed by atoms with Gasteiger partial charge in [-0.3, -0.25) is 10.3 Å². The van der Waals surface area contributed by atoms with Crippen LogP contribution in [-0.4, -0.2) is 24.6 Å². The second-order valence-electron chi connectivity index (χ2n) is 4.44. The van der Waals surface area contributed by atoms with Gasteiger partial charge in [0.1, 0.15) is 0 Å². The first kappa shape index (κ1) is 8.67. The molecule has 0 amide bonds. The van der Waals surface area contributed by atoms with Gasteiger partial charge in [0.05, 0.1) is 30.3 Å². The fourth-order valence-electron chi connectivity index (χ4n) is 2.71. The Morgan fingerprint density at radius 2 is 2.25 bits per heavy atom. The number of rotatable bonds is 0. The number of hydrogen-bond donors (Lipinski definition) is 1. The van der Waals surface area contributed by atoms with Gasteiger partial charge in [-0.15, -0.1) is 0 Å². The van der Waals surface area contributed by atoms with E-state index in [4.69, 9.17) is 4.74 Å². The fraction of sp³-hybridized carbons (Fsp3) is 0.308. The Hall–Kier alpha value is -1.45. The molecule has 0 bridgehead atoms. The summed E-state index contributed by atoms with van der Waals surface area (Å²) < 4.78 is 5.63. The van der Waals surface area contributed by atoms with Crippen LogP contribution >= 0.6 is 0 Å². The summed E-state index contributed by atoms with van der Waals surface area (Å²) in [4.78, 5) is 4.67. The highest BCUT2D eigenvalue weighted by Crippen LogP contribution is 2.39. The number of hydrogen-bond acceptors (Lipinski definition) is 3. The molecule has 0 aromatic heterocycles. The Morgan fingerprint density at radius 1 is 1.31 bits per heavy atom. The molecular formula is C13H12N2O. The van der Waals surface area contributed by atoms with Crippen LogP contribution in [0.1, 0.15) is 12.0 Å². The predicted octanol–water partition coefficient (Wildman–Crippen LogP) is 1.87. The van der Waals surface area contributed by atoms with E-state index < -0.39 is 0 Å². The van der Waals surface area contributed by atoms with Crippen molar-refractivity contribution in [1.29, 1.82) is 0 Å². The number of benzene rings is 1. The number of nitrogens with zero attached hydrogens (tertiary/aromatic N) is 1. The summed E-state index contributed by atoms with van der Waals surface area (Å²) in [5, 5.41) is 3.35. The van der Waals surface area contributed by atoms with Crippen molar-refractivity contribution in [2.24, 2.45) is 4.99 Å². The van der Waals surface area contributed by atoms with Crippen molar-refractivity contribution >= 4 is 17.0 Å². The van der Waals surface area contributed by atoms with Gasteiger partial charge in [0, 0.05) is 17.6 Å². The molecule has 80 valence electrons. The molecule has 16 heavy (non-hydrogen) atoms. The number of nitrogens with one attached hydrogen (secondary N) is 1. The molecular weight excluding hydrogens is 200 g/mol. The topological polar surface area (TPSA) is 33.6 Å². The molecule has 4 rings (SSSR count). The van der Waals surface area contributed by atoms with E-state index in [1.165, 1.54) is 16.8 Å². The fourth-order valence-corrected chi connectivity index (χ4v) is 2.71. The highest BCUT2D eigenvalue weighted by molar-refractivity contribution is 6.29. The van der Waals surface area contributed by atoms with Crippen molar-refractivity contribution in [1.82, 2.24) is 5.32 Å². The minimum Gasteiger partial charge on any atom is -0.361 e. The minimum atomic E-state index is 0.275. The zero-order chi connectivity index (χ0) is 10.5. The van der Waals surface area contributed by atoms with Gasteiger partial charge in [-0.2, -0.15) is 0 Å². The molecule has 3 nitrogen and oxygen atoms in total. The maximum Gasteiger partial charge on any atom is 0.0975 e. The van der Waals surface area contributed by atoms with Crippen molar-refractivity contribution in [3.63, 3.8) is 0 Å². The zero-order valence-corrected chi connectivity index (χ0v) is 8.81. The minimum absolute atomic E-state index is 0.275. The summed E-state index contributed by atoms with van der Waals surface area (Å²) >= 11 is 0. The maximum absolute atomic E-state index is 5.63. The molecule has 1 saturated heterocycles. The van der Waals surface area contributed by atoms with Gasteiger partial charge in [-0.05, 0) is 6.07 Å². The lowest BCUT2D eigenvalue weighted by Crippen LogP contribution is -2.34. The second kappa shape index (κ2) is 3.03. The summed E-state index contributed by atoms with van der Waals surface area (Å²) in [5.41, 5.74) is 4.86. The lowest BCUT2D eigenvalue weighted by molar-refractivity contribution is 0.112.